The SMILES string of the molecule is O=C1CNC(C(=O)N(Cc2ccco2)CC(F)(F)F)CN1. The van der Waals surface area contributed by atoms with Crippen LogP contribution in [-0.2, 0) is 16.1 Å². The van der Waals surface area contributed by atoms with Crippen LogP contribution < -0.4 is 10.6 Å². The van der Waals surface area contributed by atoms with Crippen molar-refractivity contribution in [1.29, 1.82) is 0 Å². The molecule has 0 spiro atoms. The van der Waals surface area contributed by atoms with Crippen LogP contribution >= 0.6 is 0 Å². The number of piperazine rings is 1. The van der Waals surface area contributed by atoms with Gasteiger partial charge in [0.2, 0.25) is 11.8 Å². The van der Waals surface area contributed by atoms with E-state index in [1.807, 2.05) is 0 Å². The predicted octanol–water partition coefficient (Wildman–Crippen LogP) is 0.258. The minimum atomic E-state index is -4.51. The van der Waals surface area contributed by atoms with E-state index in [2.05, 4.69) is 10.6 Å². The lowest BCUT2D eigenvalue weighted by Gasteiger charge is -2.30. The molecule has 1 aliphatic heterocycles. The number of amides is 2. The summed E-state index contributed by atoms with van der Waals surface area (Å²) in [7, 11) is 0. The molecule has 2 amide bonds. The summed E-state index contributed by atoms with van der Waals surface area (Å²) in [5.74, 6) is -0.774. The third-order valence-electron chi connectivity index (χ3n) is 2.92. The van der Waals surface area contributed by atoms with Gasteiger partial charge < -0.3 is 14.6 Å². The van der Waals surface area contributed by atoms with Gasteiger partial charge in [0.25, 0.3) is 0 Å². The molecular weight excluding hydrogens is 291 g/mol. The standard InChI is InChI=1S/C12H14F3N3O3/c13-12(14,15)7-18(6-8-2-1-3-21-8)11(20)9-4-17-10(19)5-16-9/h1-3,9,16H,4-7H2,(H,17,19). The average Bonchev–Trinajstić information content (AvgIpc) is 2.89. The Morgan fingerprint density at radius 1 is 1.48 bits per heavy atom. The summed E-state index contributed by atoms with van der Waals surface area (Å²) in [5, 5.41) is 5.05. The number of alkyl halides is 3. The van der Waals surface area contributed by atoms with Crippen LogP contribution in [0, 0.1) is 0 Å². The van der Waals surface area contributed by atoms with Gasteiger partial charge in [-0.05, 0) is 12.1 Å². The summed E-state index contributed by atoms with van der Waals surface area (Å²) in [5.41, 5.74) is 0. The first-order chi connectivity index (χ1) is 9.85. The smallest absolute Gasteiger partial charge is 0.406 e. The van der Waals surface area contributed by atoms with Crippen molar-refractivity contribution < 1.29 is 27.2 Å². The van der Waals surface area contributed by atoms with Crippen molar-refractivity contribution in [3.05, 3.63) is 24.2 Å². The molecule has 2 N–H and O–H groups in total. The summed E-state index contributed by atoms with van der Waals surface area (Å²) < 4.78 is 42.8. The maximum atomic E-state index is 12.6. The van der Waals surface area contributed by atoms with Crippen molar-refractivity contribution in [2.45, 2.75) is 18.8 Å². The summed E-state index contributed by atoms with van der Waals surface area (Å²) in [6, 6.07) is 2.15. The number of carbonyl (C=O) groups excluding carboxylic acids is 2. The molecule has 2 rings (SSSR count). The molecule has 1 aromatic heterocycles. The van der Waals surface area contributed by atoms with Crippen LogP contribution in [0.2, 0.25) is 0 Å². The molecule has 9 heteroatoms. The molecule has 0 bridgehead atoms. The van der Waals surface area contributed by atoms with Gasteiger partial charge in [-0.15, -0.1) is 0 Å². The van der Waals surface area contributed by atoms with Crippen molar-refractivity contribution in [1.82, 2.24) is 15.5 Å². The Hall–Kier alpha value is -2.03. The van der Waals surface area contributed by atoms with Gasteiger partial charge in [-0.3, -0.25) is 14.9 Å². The monoisotopic (exact) mass is 305 g/mol. The lowest BCUT2D eigenvalue weighted by atomic mass is 10.2. The van der Waals surface area contributed by atoms with Crippen LogP contribution in [0.4, 0.5) is 13.2 Å². The number of nitrogens with zero attached hydrogens (tertiary/aromatic N) is 1. The van der Waals surface area contributed by atoms with E-state index in [9.17, 15) is 22.8 Å². The molecule has 116 valence electrons. The first-order valence-corrected chi connectivity index (χ1v) is 6.23. The van der Waals surface area contributed by atoms with Crippen LogP contribution in [0.15, 0.2) is 22.8 Å². The number of furan rings is 1. The fraction of sp³-hybridized carbons (Fsp3) is 0.500. The maximum Gasteiger partial charge on any atom is 0.406 e. The third-order valence-corrected chi connectivity index (χ3v) is 2.92. The van der Waals surface area contributed by atoms with Crippen molar-refractivity contribution in [2.75, 3.05) is 19.6 Å². The molecule has 1 aromatic rings. The Labute approximate surface area is 118 Å². The van der Waals surface area contributed by atoms with Crippen LogP contribution in [0.1, 0.15) is 5.76 Å². The highest BCUT2D eigenvalue weighted by molar-refractivity contribution is 5.86. The van der Waals surface area contributed by atoms with E-state index >= 15 is 0 Å². The molecule has 1 fully saturated rings. The van der Waals surface area contributed by atoms with Gasteiger partial charge in [0.1, 0.15) is 18.3 Å². The molecule has 0 aromatic carbocycles. The number of carbonyl (C=O) groups is 2. The lowest BCUT2D eigenvalue weighted by Crippen LogP contribution is -2.59. The molecule has 0 radical (unpaired) electrons. The molecule has 21 heavy (non-hydrogen) atoms. The molecule has 0 saturated carbocycles. The van der Waals surface area contributed by atoms with Gasteiger partial charge in [0.15, 0.2) is 0 Å². The van der Waals surface area contributed by atoms with Gasteiger partial charge in [-0.25, -0.2) is 0 Å². The van der Waals surface area contributed by atoms with Gasteiger partial charge >= 0.3 is 6.18 Å². The van der Waals surface area contributed by atoms with Gasteiger partial charge in [0.05, 0.1) is 19.4 Å². The summed E-state index contributed by atoms with van der Waals surface area (Å²) in [4.78, 5) is 23.8. The van der Waals surface area contributed by atoms with E-state index in [4.69, 9.17) is 4.42 Å². The van der Waals surface area contributed by atoms with Crippen molar-refractivity contribution in [3.8, 4) is 0 Å². The minimum Gasteiger partial charge on any atom is -0.467 e. The quantitative estimate of drug-likeness (QED) is 0.837. The van der Waals surface area contributed by atoms with Gasteiger partial charge in [0, 0.05) is 6.54 Å². The average molecular weight is 305 g/mol. The number of rotatable bonds is 4. The van der Waals surface area contributed by atoms with E-state index in [1.165, 1.54) is 18.4 Å². The number of halogens is 3. The van der Waals surface area contributed by atoms with Crippen LogP contribution in [0.25, 0.3) is 0 Å². The number of nitrogens with one attached hydrogen (secondary N) is 2. The topological polar surface area (TPSA) is 74.6 Å². The second kappa shape index (κ2) is 6.17. The normalized spacial score (nSPS) is 19.2. The Balaban J connectivity index is 2.06. The van der Waals surface area contributed by atoms with Crippen LogP contribution in [0.5, 0.6) is 0 Å². The van der Waals surface area contributed by atoms with E-state index < -0.39 is 24.7 Å². The molecule has 1 atom stereocenters. The fourth-order valence-corrected chi connectivity index (χ4v) is 1.98. The Morgan fingerprint density at radius 2 is 2.24 bits per heavy atom. The first kappa shape index (κ1) is 15.4. The molecular formula is C12H14F3N3O3. The van der Waals surface area contributed by atoms with Crippen molar-refractivity contribution in [3.63, 3.8) is 0 Å². The largest absolute Gasteiger partial charge is 0.467 e. The molecule has 0 aliphatic carbocycles. The van der Waals surface area contributed by atoms with Crippen LogP contribution in [0.3, 0.4) is 0 Å². The zero-order valence-corrected chi connectivity index (χ0v) is 10.9. The van der Waals surface area contributed by atoms with E-state index in [1.54, 1.807) is 0 Å². The van der Waals surface area contributed by atoms with Crippen molar-refractivity contribution >= 4 is 11.8 Å². The Kier molecular flexibility index (Phi) is 4.51. The Morgan fingerprint density at radius 3 is 2.76 bits per heavy atom. The van der Waals surface area contributed by atoms with Gasteiger partial charge in [-0.1, -0.05) is 0 Å². The van der Waals surface area contributed by atoms with E-state index in [0.717, 1.165) is 0 Å². The van der Waals surface area contributed by atoms with Crippen LogP contribution in [-0.4, -0.2) is 48.6 Å². The molecule has 1 aliphatic rings. The highest BCUT2D eigenvalue weighted by Gasteiger charge is 2.36. The second-order valence-electron chi connectivity index (χ2n) is 4.63. The predicted molar refractivity (Wildman–Crippen MR) is 65.0 cm³/mol. The summed E-state index contributed by atoms with van der Waals surface area (Å²) in [6.07, 6.45) is -3.19. The summed E-state index contributed by atoms with van der Waals surface area (Å²) >= 11 is 0. The van der Waals surface area contributed by atoms with Crippen molar-refractivity contribution in [2.24, 2.45) is 0 Å². The highest BCUT2D eigenvalue weighted by Crippen LogP contribution is 2.19. The zero-order chi connectivity index (χ0) is 15.5. The zero-order valence-electron chi connectivity index (χ0n) is 10.9. The minimum absolute atomic E-state index is 0.0375. The number of hydrogen-bond acceptors (Lipinski definition) is 4. The Bertz CT molecular complexity index is 492. The number of hydrogen-bond donors (Lipinski definition) is 2. The molecule has 1 saturated heterocycles. The fourth-order valence-electron chi connectivity index (χ4n) is 1.98. The maximum absolute atomic E-state index is 12.6. The molecule has 2 heterocycles. The van der Waals surface area contributed by atoms with Gasteiger partial charge in [-0.2, -0.15) is 13.2 Å². The highest BCUT2D eigenvalue weighted by atomic mass is 19.4. The second-order valence-corrected chi connectivity index (χ2v) is 4.63. The molecule has 1 unspecified atom stereocenters. The lowest BCUT2D eigenvalue weighted by molar-refractivity contribution is -0.164. The van der Waals surface area contributed by atoms with E-state index in [0.29, 0.717) is 4.90 Å². The third kappa shape index (κ3) is 4.48. The summed E-state index contributed by atoms with van der Waals surface area (Å²) in [6.45, 7) is -1.79. The molecule has 6 nitrogen and oxygen atoms in total. The first-order valence-electron chi connectivity index (χ1n) is 6.23. The van der Waals surface area contributed by atoms with E-state index in [-0.39, 0.29) is 31.3 Å².